The summed E-state index contributed by atoms with van der Waals surface area (Å²) < 4.78 is 39.1. The molecule has 0 bridgehead atoms. The molecule has 1 aromatic carbocycles. The van der Waals surface area contributed by atoms with E-state index in [1.807, 2.05) is 6.92 Å². The highest BCUT2D eigenvalue weighted by molar-refractivity contribution is 5.97. The minimum absolute atomic E-state index is 0. The second kappa shape index (κ2) is 8.73. The summed E-state index contributed by atoms with van der Waals surface area (Å²) in [5.41, 5.74) is -1.24. The molecule has 2 amide bonds. The van der Waals surface area contributed by atoms with Crippen LogP contribution >= 0.6 is 12.4 Å². The Bertz CT molecular complexity index is 659. The Kier molecular flexibility index (Phi) is 7.46. The molecule has 9 heteroatoms. The second-order valence-electron chi connectivity index (χ2n) is 6.72. The Labute approximate surface area is 156 Å². The Morgan fingerprint density at radius 3 is 2.35 bits per heavy atom. The van der Waals surface area contributed by atoms with Crippen LogP contribution in [0.1, 0.15) is 42.6 Å². The van der Waals surface area contributed by atoms with Gasteiger partial charge < -0.3 is 16.0 Å². The van der Waals surface area contributed by atoms with Gasteiger partial charge in [-0.3, -0.25) is 9.59 Å². The molecule has 1 aromatic rings. The minimum atomic E-state index is -4.61. The Balaban J connectivity index is 0.00000338. The number of nitrogens with one attached hydrogen (secondary N) is 3. The summed E-state index contributed by atoms with van der Waals surface area (Å²) in [7, 11) is 0. The highest BCUT2D eigenvalue weighted by Gasteiger charge is 2.32. The number of carbonyl (C=O) groups is 2. The van der Waals surface area contributed by atoms with E-state index < -0.39 is 23.6 Å². The van der Waals surface area contributed by atoms with Gasteiger partial charge in [-0.25, -0.2) is 0 Å². The first kappa shape index (κ1) is 22.2. The third-order valence-electron chi connectivity index (χ3n) is 4.33. The lowest BCUT2D eigenvalue weighted by atomic mass is 9.81. The zero-order chi connectivity index (χ0) is 18.7. The van der Waals surface area contributed by atoms with Crippen LogP contribution in [0.2, 0.25) is 0 Å². The number of carbonyl (C=O) groups excluding carboxylic acids is 2. The first-order valence-electron chi connectivity index (χ1n) is 8.08. The number of amides is 2. The lowest BCUT2D eigenvalue weighted by molar-refractivity contribution is -0.137. The quantitative estimate of drug-likeness (QED) is 0.735. The summed E-state index contributed by atoms with van der Waals surface area (Å²) in [5, 5.41) is 8.25. The van der Waals surface area contributed by atoms with E-state index in [1.54, 1.807) is 0 Å². The Morgan fingerprint density at radius 1 is 1.19 bits per heavy atom. The molecular formula is C17H23ClF3N3O2. The third kappa shape index (κ3) is 6.17. The van der Waals surface area contributed by atoms with Crippen LogP contribution < -0.4 is 16.0 Å². The summed E-state index contributed by atoms with van der Waals surface area (Å²) in [6.45, 7) is 5.32. The molecule has 26 heavy (non-hydrogen) atoms. The van der Waals surface area contributed by atoms with Crippen molar-refractivity contribution < 1.29 is 22.8 Å². The van der Waals surface area contributed by atoms with Crippen LogP contribution in [0.15, 0.2) is 18.2 Å². The molecule has 0 unspecified atom stereocenters. The van der Waals surface area contributed by atoms with E-state index in [0.29, 0.717) is 6.54 Å². The largest absolute Gasteiger partial charge is 0.416 e. The molecular weight excluding hydrogens is 371 g/mol. The van der Waals surface area contributed by atoms with E-state index >= 15 is 0 Å². The normalized spacial score (nSPS) is 16.3. The predicted octanol–water partition coefficient (Wildman–Crippen LogP) is 3.21. The van der Waals surface area contributed by atoms with Gasteiger partial charge in [0, 0.05) is 24.7 Å². The zero-order valence-electron chi connectivity index (χ0n) is 14.6. The Morgan fingerprint density at radius 2 is 1.81 bits per heavy atom. The summed E-state index contributed by atoms with van der Waals surface area (Å²) in [5.74, 6) is -1.09. The highest BCUT2D eigenvalue weighted by Crippen LogP contribution is 2.32. The smallest absolute Gasteiger partial charge is 0.351 e. The van der Waals surface area contributed by atoms with Gasteiger partial charge in [-0.1, -0.05) is 6.92 Å². The second-order valence-corrected chi connectivity index (χ2v) is 6.72. The van der Waals surface area contributed by atoms with Crippen molar-refractivity contribution in [1.82, 2.24) is 10.6 Å². The fourth-order valence-electron chi connectivity index (χ4n) is 2.80. The Hall–Kier alpha value is -1.80. The first-order valence-corrected chi connectivity index (χ1v) is 8.08. The van der Waals surface area contributed by atoms with Gasteiger partial charge in [0.1, 0.15) is 0 Å². The molecule has 0 aromatic heterocycles. The number of hydrogen-bond donors (Lipinski definition) is 3. The number of piperidine rings is 1. The molecule has 1 aliphatic rings. The SMILES string of the molecule is CC(=O)Nc1cc(C(=O)NCC2(C)CCNCC2)cc(C(F)(F)F)c1.Cl. The molecule has 1 heterocycles. The van der Waals surface area contributed by atoms with E-state index in [0.717, 1.165) is 38.1 Å². The minimum Gasteiger partial charge on any atom is -0.351 e. The summed E-state index contributed by atoms with van der Waals surface area (Å²) in [6.07, 6.45) is -2.84. The maximum Gasteiger partial charge on any atom is 0.416 e. The highest BCUT2D eigenvalue weighted by atomic mass is 35.5. The number of alkyl halides is 3. The van der Waals surface area contributed by atoms with Gasteiger partial charge >= 0.3 is 6.18 Å². The maximum absolute atomic E-state index is 13.0. The lowest BCUT2D eigenvalue weighted by Crippen LogP contribution is -2.42. The van der Waals surface area contributed by atoms with Crippen molar-refractivity contribution >= 4 is 29.9 Å². The average Bonchev–Trinajstić information content (AvgIpc) is 2.51. The monoisotopic (exact) mass is 393 g/mol. The number of anilines is 1. The average molecular weight is 394 g/mol. The molecule has 0 spiro atoms. The van der Waals surface area contributed by atoms with Crippen molar-refractivity contribution in [2.45, 2.75) is 32.9 Å². The lowest BCUT2D eigenvalue weighted by Gasteiger charge is -2.34. The molecule has 3 N–H and O–H groups in total. The topological polar surface area (TPSA) is 70.2 Å². The van der Waals surface area contributed by atoms with Gasteiger partial charge in [0.15, 0.2) is 0 Å². The molecule has 1 fully saturated rings. The van der Waals surface area contributed by atoms with Crippen molar-refractivity contribution in [2.24, 2.45) is 5.41 Å². The van der Waals surface area contributed by atoms with Gasteiger partial charge in [-0.2, -0.15) is 13.2 Å². The molecule has 2 rings (SSSR count). The van der Waals surface area contributed by atoms with Gasteiger partial charge in [0.2, 0.25) is 5.91 Å². The first-order chi connectivity index (χ1) is 11.6. The molecule has 0 saturated carbocycles. The summed E-state index contributed by atoms with van der Waals surface area (Å²) in [4.78, 5) is 23.5. The van der Waals surface area contributed by atoms with Gasteiger partial charge in [0.05, 0.1) is 5.56 Å². The van der Waals surface area contributed by atoms with Gasteiger partial charge in [-0.05, 0) is 49.5 Å². The molecule has 1 aliphatic heterocycles. The predicted molar refractivity (Wildman–Crippen MR) is 95.5 cm³/mol. The van der Waals surface area contributed by atoms with E-state index in [1.165, 1.54) is 13.0 Å². The zero-order valence-corrected chi connectivity index (χ0v) is 15.4. The van der Waals surface area contributed by atoms with Crippen LogP contribution in [0.5, 0.6) is 0 Å². The van der Waals surface area contributed by atoms with Crippen molar-refractivity contribution in [3.8, 4) is 0 Å². The number of halogens is 4. The van der Waals surface area contributed by atoms with E-state index in [-0.39, 0.29) is 29.1 Å². The number of rotatable bonds is 4. The number of benzene rings is 1. The summed E-state index contributed by atoms with van der Waals surface area (Å²) >= 11 is 0. The standard InChI is InChI=1S/C17H22F3N3O2.ClH/c1-11(24)23-14-8-12(7-13(9-14)17(18,19)20)15(25)22-10-16(2)3-5-21-6-4-16;/h7-9,21H,3-6,10H2,1-2H3,(H,22,25)(H,23,24);1H. The molecule has 1 saturated heterocycles. The van der Waals surface area contributed by atoms with Gasteiger partial charge in [0.25, 0.3) is 5.91 Å². The van der Waals surface area contributed by atoms with Crippen molar-refractivity contribution in [3.05, 3.63) is 29.3 Å². The van der Waals surface area contributed by atoms with Crippen LogP contribution in [-0.4, -0.2) is 31.4 Å². The van der Waals surface area contributed by atoms with Crippen LogP contribution in [0.25, 0.3) is 0 Å². The molecule has 146 valence electrons. The third-order valence-corrected chi connectivity index (χ3v) is 4.33. The molecule has 0 atom stereocenters. The fourth-order valence-corrected chi connectivity index (χ4v) is 2.80. The van der Waals surface area contributed by atoms with Crippen LogP contribution in [0, 0.1) is 5.41 Å². The van der Waals surface area contributed by atoms with Crippen molar-refractivity contribution in [1.29, 1.82) is 0 Å². The maximum atomic E-state index is 13.0. The van der Waals surface area contributed by atoms with E-state index in [4.69, 9.17) is 0 Å². The van der Waals surface area contributed by atoms with Crippen LogP contribution in [-0.2, 0) is 11.0 Å². The fraction of sp³-hybridized carbons (Fsp3) is 0.529. The summed E-state index contributed by atoms with van der Waals surface area (Å²) in [6, 6.07) is 2.86. The molecule has 5 nitrogen and oxygen atoms in total. The van der Waals surface area contributed by atoms with E-state index in [9.17, 15) is 22.8 Å². The van der Waals surface area contributed by atoms with Gasteiger partial charge in [-0.15, -0.1) is 12.4 Å². The molecule has 0 radical (unpaired) electrons. The number of hydrogen-bond acceptors (Lipinski definition) is 3. The van der Waals surface area contributed by atoms with E-state index in [2.05, 4.69) is 16.0 Å². The van der Waals surface area contributed by atoms with Crippen molar-refractivity contribution in [3.63, 3.8) is 0 Å². The molecule has 0 aliphatic carbocycles. The van der Waals surface area contributed by atoms with Crippen LogP contribution in [0.3, 0.4) is 0 Å². The van der Waals surface area contributed by atoms with Crippen LogP contribution in [0.4, 0.5) is 18.9 Å². The van der Waals surface area contributed by atoms with Crippen molar-refractivity contribution in [2.75, 3.05) is 25.0 Å².